The maximum atomic E-state index is 13.2. The fraction of sp³-hybridized carbons (Fsp3) is 0.500. The highest BCUT2D eigenvalue weighted by molar-refractivity contribution is 8.03. The van der Waals surface area contributed by atoms with E-state index in [1.165, 1.54) is 0 Å². The number of rotatable bonds is 8. The summed E-state index contributed by atoms with van der Waals surface area (Å²) in [6, 6.07) is 9.20. The smallest absolute Gasteiger partial charge is 0.168 e. The number of thioether (sulfide) groups is 1. The van der Waals surface area contributed by atoms with Gasteiger partial charge in [0.25, 0.3) is 0 Å². The summed E-state index contributed by atoms with van der Waals surface area (Å²) < 4.78 is 5.53. The van der Waals surface area contributed by atoms with Gasteiger partial charge in [-0.05, 0) is 6.92 Å². The number of hydrogen-bond acceptors (Lipinski definition) is 6. The standard InChI is InChI=1S/C22H29NO4S/c1-22(23-9-12-27-13-10-23)15-18(28-14-11-24)7-8-20(22)19(16-25)21(26)17-5-3-2-4-6-17/h2-8,15,19-20,24-25H,9-14,16H2,1H3. The summed E-state index contributed by atoms with van der Waals surface area (Å²) in [5, 5.41) is 19.4. The molecule has 6 heteroatoms. The van der Waals surface area contributed by atoms with E-state index in [0.29, 0.717) is 24.5 Å². The van der Waals surface area contributed by atoms with Gasteiger partial charge in [0.15, 0.2) is 5.78 Å². The summed E-state index contributed by atoms with van der Waals surface area (Å²) in [5.74, 6) is -0.0714. The van der Waals surface area contributed by atoms with E-state index in [4.69, 9.17) is 4.74 Å². The predicted octanol–water partition coefficient (Wildman–Crippen LogP) is 2.36. The van der Waals surface area contributed by atoms with E-state index >= 15 is 0 Å². The van der Waals surface area contributed by atoms with Crippen LogP contribution in [-0.2, 0) is 4.74 Å². The van der Waals surface area contributed by atoms with Gasteiger partial charge in [-0.2, -0.15) is 0 Å². The van der Waals surface area contributed by atoms with Gasteiger partial charge in [0.1, 0.15) is 0 Å². The zero-order valence-electron chi connectivity index (χ0n) is 16.3. The van der Waals surface area contributed by atoms with Crippen molar-refractivity contribution in [2.45, 2.75) is 12.5 Å². The van der Waals surface area contributed by atoms with Crippen molar-refractivity contribution in [2.75, 3.05) is 45.3 Å². The zero-order chi connectivity index (χ0) is 20.0. The normalized spacial score (nSPS) is 26.7. The first-order valence-corrected chi connectivity index (χ1v) is 10.8. The number of aliphatic hydroxyl groups excluding tert-OH is 2. The highest BCUT2D eigenvalue weighted by atomic mass is 32.2. The Morgan fingerprint density at radius 1 is 1.29 bits per heavy atom. The zero-order valence-corrected chi connectivity index (χ0v) is 17.1. The molecular formula is C22H29NO4S. The number of allylic oxidation sites excluding steroid dienone is 1. The van der Waals surface area contributed by atoms with E-state index < -0.39 is 11.5 Å². The average Bonchev–Trinajstić information content (AvgIpc) is 2.75. The van der Waals surface area contributed by atoms with E-state index in [0.717, 1.165) is 18.0 Å². The molecule has 2 aliphatic rings. The highest BCUT2D eigenvalue weighted by Gasteiger charge is 2.45. The number of nitrogens with zero attached hydrogens (tertiary/aromatic N) is 1. The van der Waals surface area contributed by atoms with Gasteiger partial charge < -0.3 is 14.9 Å². The predicted molar refractivity (Wildman–Crippen MR) is 112 cm³/mol. The average molecular weight is 404 g/mol. The van der Waals surface area contributed by atoms with Crippen LogP contribution >= 0.6 is 11.8 Å². The van der Waals surface area contributed by atoms with Crippen LogP contribution in [0.25, 0.3) is 0 Å². The molecule has 1 aliphatic heterocycles. The first-order valence-electron chi connectivity index (χ1n) is 9.78. The molecule has 0 saturated carbocycles. The Morgan fingerprint density at radius 3 is 2.64 bits per heavy atom. The Balaban J connectivity index is 1.93. The molecule has 3 rings (SSSR count). The molecule has 1 fully saturated rings. The van der Waals surface area contributed by atoms with Crippen molar-refractivity contribution in [2.24, 2.45) is 11.8 Å². The van der Waals surface area contributed by atoms with Crippen LogP contribution < -0.4 is 0 Å². The van der Waals surface area contributed by atoms with E-state index in [9.17, 15) is 15.0 Å². The Hall–Kier alpha value is -1.44. The minimum atomic E-state index is -0.521. The third kappa shape index (κ3) is 4.58. The van der Waals surface area contributed by atoms with E-state index in [1.54, 1.807) is 11.8 Å². The second kappa shape index (κ2) is 9.85. The van der Waals surface area contributed by atoms with Crippen LogP contribution in [0.4, 0.5) is 0 Å². The molecule has 0 bridgehead atoms. The van der Waals surface area contributed by atoms with Crippen molar-refractivity contribution in [1.82, 2.24) is 4.90 Å². The van der Waals surface area contributed by atoms with E-state index in [-0.39, 0.29) is 24.9 Å². The van der Waals surface area contributed by atoms with Gasteiger partial charge in [0.05, 0.1) is 32.3 Å². The second-order valence-electron chi connectivity index (χ2n) is 7.35. The van der Waals surface area contributed by atoms with Crippen LogP contribution in [0.5, 0.6) is 0 Å². The number of carbonyl (C=O) groups excluding carboxylic acids is 1. The number of benzene rings is 1. The van der Waals surface area contributed by atoms with Crippen molar-refractivity contribution >= 4 is 17.5 Å². The maximum Gasteiger partial charge on any atom is 0.168 e. The summed E-state index contributed by atoms with van der Waals surface area (Å²) in [6.07, 6.45) is 6.29. The molecule has 1 aliphatic carbocycles. The van der Waals surface area contributed by atoms with Gasteiger partial charge >= 0.3 is 0 Å². The van der Waals surface area contributed by atoms with Crippen molar-refractivity contribution in [3.8, 4) is 0 Å². The molecule has 5 nitrogen and oxygen atoms in total. The third-order valence-electron chi connectivity index (χ3n) is 5.65. The molecule has 2 N–H and O–H groups in total. The molecule has 0 amide bonds. The molecular weight excluding hydrogens is 374 g/mol. The van der Waals surface area contributed by atoms with E-state index in [2.05, 4.69) is 24.0 Å². The van der Waals surface area contributed by atoms with Crippen LogP contribution in [0.1, 0.15) is 17.3 Å². The minimum absolute atomic E-state index is 0.0305. The Morgan fingerprint density at radius 2 is 2.00 bits per heavy atom. The van der Waals surface area contributed by atoms with Crippen molar-refractivity contribution in [1.29, 1.82) is 0 Å². The van der Waals surface area contributed by atoms with Gasteiger partial charge in [-0.1, -0.05) is 48.6 Å². The fourth-order valence-corrected chi connectivity index (χ4v) is 4.97. The molecule has 152 valence electrons. The van der Waals surface area contributed by atoms with Gasteiger partial charge in [0.2, 0.25) is 0 Å². The molecule has 3 unspecified atom stereocenters. The SMILES string of the molecule is CC1(N2CCOCC2)C=C(SCCO)C=CC1C(CO)C(=O)c1ccccc1. The van der Waals surface area contributed by atoms with Gasteiger partial charge in [-0.15, -0.1) is 11.8 Å². The van der Waals surface area contributed by atoms with Gasteiger partial charge in [-0.3, -0.25) is 9.69 Å². The fourth-order valence-electron chi connectivity index (χ4n) is 4.14. The van der Waals surface area contributed by atoms with Crippen molar-refractivity contribution < 1.29 is 19.7 Å². The number of morpholine rings is 1. The lowest BCUT2D eigenvalue weighted by atomic mass is 9.71. The van der Waals surface area contributed by atoms with E-state index in [1.807, 2.05) is 36.4 Å². The number of ketones is 1. The second-order valence-corrected chi connectivity index (χ2v) is 8.52. The summed E-state index contributed by atoms with van der Waals surface area (Å²) >= 11 is 1.61. The number of ether oxygens (including phenoxy) is 1. The van der Waals surface area contributed by atoms with Crippen LogP contribution in [0.3, 0.4) is 0 Å². The van der Waals surface area contributed by atoms with Crippen LogP contribution in [0.2, 0.25) is 0 Å². The third-order valence-corrected chi connectivity index (χ3v) is 6.63. The minimum Gasteiger partial charge on any atom is -0.396 e. The lowest BCUT2D eigenvalue weighted by molar-refractivity contribution is -0.0238. The molecule has 0 aromatic heterocycles. The van der Waals surface area contributed by atoms with Crippen molar-refractivity contribution in [3.05, 3.63) is 59.0 Å². The molecule has 1 saturated heterocycles. The molecule has 1 heterocycles. The van der Waals surface area contributed by atoms with Crippen LogP contribution in [0, 0.1) is 11.8 Å². The molecule has 0 radical (unpaired) electrons. The highest BCUT2D eigenvalue weighted by Crippen LogP contribution is 2.41. The summed E-state index contributed by atoms with van der Waals surface area (Å²) in [6.45, 7) is 4.96. The Kier molecular flexibility index (Phi) is 7.48. The number of aliphatic hydroxyl groups is 2. The summed E-state index contributed by atoms with van der Waals surface area (Å²) in [4.78, 5) is 16.6. The largest absolute Gasteiger partial charge is 0.396 e. The number of hydrogen-bond donors (Lipinski definition) is 2. The first kappa shape index (κ1) is 21.3. The molecule has 3 atom stereocenters. The molecule has 1 aromatic rings. The number of Topliss-reactive ketones (excluding diaryl/α,β-unsaturated/α-hetero) is 1. The lowest BCUT2D eigenvalue weighted by Gasteiger charge is -2.49. The molecule has 1 aromatic carbocycles. The van der Waals surface area contributed by atoms with Crippen molar-refractivity contribution in [3.63, 3.8) is 0 Å². The molecule has 0 spiro atoms. The van der Waals surface area contributed by atoms with Crippen LogP contribution in [-0.4, -0.2) is 71.7 Å². The Labute approximate surface area is 171 Å². The van der Waals surface area contributed by atoms with Crippen LogP contribution in [0.15, 0.2) is 53.5 Å². The topological polar surface area (TPSA) is 70.0 Å². The van der Waals surface area contributed by atoms with Gasteiger partial charge in [0, 0.05) is 40.8 Å². The quantitative estimate of drug-likeness (QED) is 0.650. The first-order chi connectivity index (χ1) is 13.6. The number of carbonyl (C=O) groups is 1. The van der Waals surface area contributed by atoms with Gasteiger partial charge in [-0.25, -0.2) is 0 Å². The summed E-state index contributed by atoms with van der Waals surface area (Å²) in [5.41, 5.74) is 0.220. The monoisotopic (exact) mass is 403 g/mol. The Bertz CT molecular complexity index is 715. The molecule has 28 heavy (non-hydrogen) atoms. The summed E-state index contributed by atoms with van der Waals surface area (Å²) in [7, 11) is 0. The maximum absolute atomic E-state index is 13.2. The lowest BCUT2D eigenvalue weighted by Crippen LogP contribution is -2.57.